The SMILES string of the molecule is [C-]#[N+]CCOP(O[C@@H]1C2[C@H](n3cc(C)c(NC(=O)c4ccccc4)nc3=O)O[C@@]1(CC)C(=O)N2C)N(C(C)C)C(C)C. The van der Waals surface area contributed by atoms with E-state index in [4.69, 9.17) is 20.4 Å². The van der Waals surface area contributed by atoms with Gasteiger partial charge in [-0.2, -0.15) is 4.98 Å². The van der Waals surface area contributed by atoms with Gasteiger partial charge in [-0.15, -0.1) is 0 Å². The lowest BCUT2D eigenvalue weighted by molar-refractivity contribution is -0.175. The molecule has 13 heteroatoms. The fourth-order valence-corrected chi connectivity index (χ4v) is 7.40. The molecular weight excluding hydrogens is 559 g/mol. The third-order valence-corrected chi connectivity index (χ3v) is 9.69. The first-order chi connectivity index (χ1) is 20.0. The summed E-state index contributed by atoms with van der Waals surface area (Å²) in [6.07, 6.45) is 0.286. The van der Waals surface area contributed by atoms with Crippen molar-refractivity contribution in [3.05, 3.63) is 69.6 Å². The van der Waals surface area contributed by atoms with Crippen molar-refractivity contribution in [1.29, 1.82) is 0 Å². The second-order valence-corrected chi connectivity index (χ2v) is 12.4. The Morgan fingerprint density at radius 2 is 1.90 bits per heavy atom. The first kappa shape index (κ1) is 31.7. The summed E-state index contributed by atoms with van der Waals surface area (Å²) in [6.45, 7) is 19.3. The van der Waals surface area contributed by atoms with Gasteiger partial charge in [-0.3, -0.25) is 14.2 Å². The lowest BCUT2D eigenvalue weighted by Crippen LogP contribution is -2.50. The van der Waals surface area contributed by atoms with Crippen LogP contribution in [0.1, 0.15) is 63.2 Å². The molecule has 2 unspecified atom stereocenters. The summed E-state index contributed by atoms with van der Waals surface area (Å²) >= 11 is 0. The van der Waals surface area contributed by atoms with Crippen molar-refractivity contribution in [3.63, 3.8) is 0 Å². The standard InChI is InChI=1S/C29H39N6O6P/c1-9-29-23(41-42(39-16-15-30-7)35(18(2)3)19(4)5)22(33(8)27(29)37)26(40-29)34-17-20(6)24(32-28(34)38)31-25(36)21-13-11-10-12-14-21/h10-14,17-19,22-23,26H,9,15-16H2,1-6,8H3,(H,31,32,36,38)/t22?,23-,26-,29-,42?/m1/s1. The molecule has 2 amide bonds. The van der Waals surface area contributed by atoms with Gasteiger partial charge in [0.05, 0.1) is 0 Å². The first-order valence-corrected chi connectivity index (χ1v) is 15.2. The van der Waals surface area contributed by atoms with Crippen molar-refractivity contribution in [2.45, 2.75) is 84.0 Å². The molecule has 0 radical (unpaired) electrons. The maximum Gasteiger partial charge on any atom is 0.351 e. The van der Waals surface area contributed by atoms with Gasteiger partial charge in [-0.25, -0.2) is 16.0 Å². The lowest BCUT2D eigenvalue weighted by atomic mass is 9.96. The maximum absolute atomic E-state index is 13.5. The van der Waals surface area contributed by atoms with Crippen LogP contribution in [-0.4, -0.2) is 81.0 Å². The average molecular weight is 599 g/mol. The minimum absolute atomic E-state index is 0.0685. The number of benzene rings is 1. The van der Waals surface area contributed by atoms with Crippen molar-refractivity contribution in [1.82, 2.24) is 19.1 Å². The highest BCUT2D eigenvalue weighted by molar-refractivity contribution is 7.44. The molecule has 2 aliphatic rings. The van der Waals surface area contributed by atoms with Crippen LogP contribution in [0, 0.1) is 13.5 Å². The molecule has 3 heterocycles. The quantitative estimate of drug-likeness (QED) is 0.221. The number of aryl methyl sites for hydroxylation is 1. The van der Waals surface area contributed by atoms with Gasteiger partial charge in [-0.1, -0.05) is 25.1 Å². The summed E-state index contributed by atoms with van der Waals surface area (Å²) in [6, 6.07) is 8.16. The Balaban J connectivity index is 1.67. The van der Waals surface area contributed by atoms with Crippen LogP contribution in [0.25, 0.3) is 4.85 Å². The van der Waals surface area contributed by atoms with Crippen LogP contribution in [0.4, 0.5) is 5.82 Å². The Labute approximate surface area is 247 Å². The minimum atomic E-state index is -1.67. The van der Waals surface area contributed by atoms with Crippen molar-refractivity contribution in [2.75, 3.05) is 25.5 Å². The Kier molecular flexibility index (Phi) is 9.81. The number of likely N-dealkylation sites (N-methyl/N-ethyl adjacent to an activating group) is 1. The van der Waals surface area contributed by atoms with Crippen molar-refractivity contribution in [2.24, 2.45) is 0 Å². The summed E-state index contributed by atoms with van der Waals surface area (Å²) in [5, 5.41) is 2.71. The number of carbonyl (C=O) groups is 2. The smallest absolute Gasteiger partial charge is 0.336 e. The summed E-state index contributed by atoms with van der Waals surface area (Å²) < 4.78 is 22.7. The van der Waals surface area contributed by atoms with E-state index in [0.29, 0.717) is 17.5 Å². The zero-order valence-electron chi connectivity index (χ0n) is 25.1. The van der Waals surface area contributed by atoms with E-state index in [2.05, 4.69) is 19.8 Å². The molecule has 0 aliphatic carbocycles. The normalized spacial score (nSPS) is 24.1. The zero-order chi connectivity index (χ0) is 30.8. The van der Waals surface area contributed by atoms with Crippen LogP contribution in [0.15, 0.2) is 41.3 Å². The number of aromatic nitrogens is 2. The van der Waals surface area contributed by atoms with E-state index in [1.54, 1.807) is 49.3 Å². The highest BCUT2D eigenvalue weighted by atomic mass is 31.2. The van der Waals surface area contributed by atoms with E-state index in [0.717, 1.165) is 0 Å². The van der Waals surface area contributed by atoms with Crippen LogP contribution in [-0.2, 0) is 18.6 Å². The van der Waals surface area contributed by atoms with Gasteiger partial charge >= 0.3 is 5.69 Å². The molecular formula is C29H39N6O6P. The molecule has 2 bridgehead atoms. The van der Waals surface area contributed by atoms with Crippen LogP contribution in [0.5, 0.6) is 0 Å². The Bertz CT molecular complexity index is 1390. The molecule has 2 aliphatic heterocycles. The predicted molar refractivity (Wildman–Crippen MR) is 159 cm³/mol. The number of ether oxygens (including phenoxy) is 1. The number of morpholine rings is 1. The number of carbonyl (C=O) groups excluding carboxylic acids is 2. The topological polar surface area (TPSA) is 120 Å². The number of nitrogens with one attached hydrogen (secondary N) is 1. The lowest BCUT2D eigenvalue weighted by Gasteiger charge is -2.38. The highest BCUT2D eigenvalue weighted by Gasteiger charge is 2.70. The van der Waals surface area contributed by atoms with Crippen LogP contribution in [0.3, 0.4) is 0 Å². The van der Waals surface area contributed by atoms with Crippen molar-refractivity contribution >= 4 is 26.2 Å². The molecule has 2 aromatic rings. The summed E-state index contributed by atoms with van der Waals surface area (Å²) in [7, 11) is 0.00828. The Morgan fingerprint density at radius 3 is 2.50 bits per heavy atom. The van der Waals surface area contributed by atoms with Gasteiger partial charge in [0, 0.05) is 36.5 Å². The second-order valence-electron chi connectivity index (χ2n) is 11.0. The summed E-state index contributed by atoms with van der Waals surface area (Å²) in [4.78, 5) is 48.7. The summed E-state index contributed by atoms with van der Waals surface area (Å²) in [5.74, 6) is -0.455. The van der Waals surface area contributed by atoms with Gasteiger partial charge < -0.3 is 28.8 Å². The predicted octanol–water partition coefficient (Wildman–Crippen LogP) is 3.99. The summed E-state index contributed by atoms with van der Waals surface area (Å²) in [5.41, 5.74) is -0.968. The second kappa shape index (κ2) is 13.0. The van der Waals surface area contributed by atoms with E-state index in [1.165, 1.54) is 4.57 Å². The molecule has 2 saturated heterocycles. The fraction of sp³-hybridized carbons (Fsp3) is 0.552. The number of anilines is 1. The maximum atomic E-state index is 13.5. The molecule has 5 atom stereocenters. The number of hydrogen-bond donors (Lipinski definition) is 1. The van der Waals surface area contributed by atoms with Crippen molar-refractivity contribution in [3.8, 4) is 0 Å². The molecule has 42 heavy (non-hydrogen) atoms. The molecule has 1 aromatic carbocycles. The fourth-order valence-electron chi connectivity index (χ4n) is 5.61. The van der Waals surface area contributed by atoms with Gasteiger partial charge in [0.15, 0.2) is 11.8 Å². The molecule has 1 aromatic heterocycles. The monoisotopic (exact) mass is 598 g/mol. The average Bonchev–Trinajstić information content (AvgIpc) is 3.37. The van der Waals surface area contributed by atoms with Gasteiger partial charge in [0.2, 0.25) is 6.54 Å². The number of hydrogen-bond acceptors (Lipinski definition) is 8. The van der Waals surface area contributed by atoms with E-state index in [9.17, 15) is 14.4 Å². The van der Waals surface area contributed by atoms with E-state index >= 15 is 0 Å². The Morgan fingerprint density at radius 1 is 1.24 bits per heavy atom. The minimum Gasteiger partial charge on any atom is -0.336 e. The number of amides is 2. The number of nitrogens with zero attached hydrogens (tertiary/aromatic N) is 5. The van der Waals surface area contributed by atoms with Crippen LogP contribution in [0.2, 0.25) is 0 Å². The number of fused-ring (bicyclic) bond motifs is 2. The number of rotatable bonds is 12. The van der Waals surface area contributed by atoms with Crippen molar-refractivity contribution < 1.29 is 23.4 Å². The molecule has 226 valence electrons. The molecule has 0 spiro atoms. The largest absolute Gasteiger partial charge is 0.351 e. The van der Waals surface area contributed by atoms with E-state index in [1.807, 2.05) is 40.7 Å². The number of likely N-dealkylation sites (tertiary alicyclic amines) is 1. The van der Waals surface area contributed by atoms with Gasteiger partial charge in [0.1, 0.15) is 24.6 Å². The van der Waals surface area contributed by atoms with Crippen LogP contribution >= 0.6 is 8.53 Å². The molecule has 0 saturated carbocycles. The highest BCUT2D eigenvalue weighted by Crippen LogP contribution is 2.56. The molecule has 12 nitrogen and oxygen atoms in total. The van der Waals surface area contributed by atoms with E-state index in [-0.39, 0.29) is 42.9 Å². The molecule has 4 rings (SSSR count). The molecule has 1 N–H and O–H groups in total. The van der Waals surface area contributed by atoms with Crippen LogP contribution < -0.4 is 11.0 Å². The molecule has 2 fully saturated rings. The Hall–Kier alpha value is -3.20. The first-order valence-electron chi connectivity index (χ1n) is 14.1. The van der Waals surface area contributed by atoms with Gasteiger partial charge in [0.25, 0.3) is 20.3 Å². The zero-order valence-corrected chi connectivity index (χ0v) is 26.0. The third kappa shape index (κ3) is 5.85. The van der Waals surface area contributed by atoms with E-state index < -0.39 is 38.2 Å². The van der Waals surface area contributed by atoms with Gasteiger partial charge in [-0.05, 0) is 53.2 Å². The third-order valence-electron chi connectivity index (χ3n) is 7.58.